The van der Waals surface area contributed by atoms with Crippen LogP contribution >= 0.6 is 0 Å². The highest BCUT2D eigenvalue weighted by atomic mass is 16.5. The minimum Gasteiger partial charge on any atom is -0.390 e. The molecule has 0 aromatic carbocycles. The number of fused-ring (bicyclic) bond motifs is 1. The number of aliphatic hydroxyl groups excluding tert-OH is 2. The third-order valence-corrected chi connectivity index (χ3v) is 4.31. The maximum absolute atomic E-state index is 11.9. The lowest BCUT2D eigenvalue weighted by Crippen LogP contribution is -2.32. The van der Waals surface area contributed by atoms with E-state index in [9.17, 15) is 15.0 Å². The van der Waals surface area contributed by atoms with Crippen LogP contribution in [-0.2, 0) is 4.74 Å². The molecule has 0 radical (unpaired) electrons. The van der Waals surface area contributed by atoms with Crippen LogP contribution in [0.5, 0.6) is 0 Å². The minimum absolute atomic E-state index is 0.0186. The Kier molecular flexibility index (Phi) is 4.10. The Hall–Kier alpha value is -1.97. The molecule has 132 valence electrons. The van der Waals surface area contributed by atoms with E-state index in [0.29, 0.717) is 18.7 Å². The van der Waals surface area contributed by atoms with Gasteiger partial charge >= 0.3 is 0 Å². The third-order valence-electron chi connectivity index (χ3n) is 4.31. The fraction of sp³-hybridized carbons (Fsp3) is 0.667. The van der Waals surface area contributed by atoms with Gasteiger partial charge in [-0.05, 0) is 27.2 Å². The van der Waals surface area contributed by atoms with Gasteiger partial charge in [-0.15, -0.1) is 0 Å². The van der Waals surface area contributed by atoms with E-state index in [1.54, 1.807) is 4.57 Å². The first-order valence-corrected chi connectivity index (χ1v) is 7.90. The van der Waals surface area contributed by atoms with Crippen molar-refractivity contribution in [3.8, 4) is 0 Å². The van der Waals surface area contributed by atoms with Crippen molar-refractivity contribution in [2.75, 3.05) is 12.3 Å². The first kappa shape index (κ1) is 16.9. The lowest BCUT2D eigenvalue weighted by molar-refractivity contribution is -0.0569. The number of aromatic amines is 1. The number of imidazole rings is 1. The van der Waals surface area contributed by atoms with Crippen molar-refractivity contribution < 1.29 is 14.9 Å². The number of nitrogens with two attached hydrogens (primary N) is 1. The van der Waals surface area contributed by atoms with Crippen molar-refractivity contribution in [1.29, 1.82) is 0 Å². The second-order valence-electron chi connectivity index (χ2n) is 7.24. The molecule has 3 rings (SSSR count). The maximum Gasteiger partial charge on any atom is 0.280 e. The number of ether oxygens (including phenoxy) is 1. The molecule has 0 amide bonds. The van der Waals surface area contributed by atoms with Crippen LogP contribution in [0, 0.1) is 5.92 Å². The summed E-state index contributed by atoms with van der Waals surface area (Å²) in [4.78, 5) is 22.4. The number of H-pyrrole nitrogens is 1. The molecule has 1 aliphatic carbocycles. The van der Waals surface area contributed by atoms with Crippen LogP contribution in [0.15, 0.2) is 11.1 Å². The van der Waals surface area contributed by atoms with E-state index in [-0.39, 0.29) is 23.0 Å². The summed E-state index contributed by atoms with van der Waals surface area (Å²) >= 11 is 0. The number of nitrogens with zero attached hydrogens (tertiary/aromatic N) is 3. The van der Waals surface area contributed by atoms with Crippen LogP contribution in [0.1, 0.15) is 33.2 Å². The third kappa shape index (κ3) is 3.02. The van der Waals surface area contributed by atoms with Gasteiger partial charge in [-0.3, -0.25) is 9.78 Å². The molecule has 24 heavy (non-hydrogen) atoms. The smallest absolute Gasteiger partial charge is 0.280 e. The highest BCUT2D eigenvalue weighted by molar-refractivity contribution is 5.70. The molecule has 0 unspecified atom stereocenters. The summed E-state index contributed by atoms with van der Waals surface area (Å²) in [6, 6.07) is -0.452. The first-order chi connectivity index (χ1) is 11.2. The zero-order valence-corrected chi connectivity index (χ0v) is 13.9. The molecule has 1 fully saturated rings. The van der Waals surface area contributed by atoms with E-state index in [1.807, 2.05) is 20.8 Å². The van der Waals surface area contributed by atoms with Gasteiger partial charge in [0.15, 0.2) is 11.2 Å². The number of nitrogen functional groups attached to an aromatic ring is 1. The van der Waals surface area contributed by atoms with Gasteiger partial charge in [0.2, 0.25) is 5.95 Å². The lowest BCUT2D eigenvalue weighted by atomic mass is 10.1. The number of nitrogens with one attached hydrogen (secondary N) is 1. The van der Waals surface area contributed by atoms with E-state index in [4.69, 9.17) is 10.5 Å². The van der Waals surface area contributed by atoms with Gasteiger partial charge in [0.1, 0.15) is 6.10 Å². The van der Waals surface area contributed by atoms with E-state index in [1.165, 1.54) is 6.33 Å². The summed E-state index contributed by atoms with van der Waals surface area (Å²) in [6.45, 7) is 6.14. The molecule has 9 heteroatoms. The monoisotopic (exact) mass is 337 g/mol. The molecular formula is C15H23N5O4. The molecule has 1 saturated carbocycles. The number of hydrogen-bond donors (Lipinski definition) is 4. The highest BCUT2D eigenvalue weighted by Gasteiger charge is 2.43. The van der Waals surface area contributed by atoms with Gasteiger partial charge in [-0.1, -0.05) is 0 Å². The van der Waals surface area contributed by atoms with Gasteiger partial charge in [-0.25, -0.2) is 4.98 Å². The molecule has 4 atom stereocenters. The Morgan fingerprint density at radius 3 is 2.79 bits per heavy atom. The first-order valence-electron chi connectivity index (χ1n) is 7.90. The predicted molar refractivity (Wildman–Crippen MR) is 87.4 cm³/mol. The van der Waals surface area contributed by atoms with Crippen molar-refractivity contribution in [3.05, 3.63) is 16.7 Å². The summed E-state index contributed by atoms with van der Waals surface area (Å²) in [7, 11) is 0. The normalized spacial score (nSPS) is 27.9. The van der Waals surface area contributed by atoms with Crippen LogP contribution in [0.4, 0.5) is 5.95 Å². The summed E-state index contributed by atoms with van der Waals surface area (Å²) in [5.41, 5.74) is 5.29. The Bertz CT molecular complexity index is 793. The molecule has 1 aliphatic rings. The molecule has 0 saturated heterocycles. The molecule has 2 aromatic rings. The Morgan fingerprint density at radius 1 is 1.42 bits per heavy atom. The van der Waals surface area contributed by atoms with Crippen LogP contribution in [0.2, 0.25) is 0 Å². The standard InChI is InChI=1S/C15H23N5O4/c1-15(2,3)24-5-7-4-8(11(22)10(7)21)20-6-17-9-12(20)18-14(16)19-13(9)23/h6-8,10-11,21-22H,4-5H2,1-3H3,(H3,16,18,19,23)/t7-,8-,10-,11+/m0/s1. The summed E-state index contributed by atoms with van der Waals surface area (Å²) < 4.78 is 7.34. The molecule has 5 N–H and O–H groups in total. The largest absolute Gasteiger partial charge is 0.390 e. The molecule has 9 nitrogen and oxygen atoms in total. The number of rotatable bonds is 3. The van der Waals surface area contributed by atoms with Crippen molar-refractivity contribution in [1.82, 2.24) is 19.5 Å². The van der Waals surface area contributed by atoms with Crippen LogP contribution in [0.25, 0.3) is 11.2 Å². The Balaban J connectivity index is 1.89. The number of aromatic nitrogens is 4. The highest BCUT2D eigenvalue weighted by Crippen LogP contribution is 2.37. The topological polar surface area (TPSA) is 139 Å². The summed E-state index contributed by atoms with van der Waals surface area (Å²) in [5, 5.41) is 20.8. The van der Waals surface area contributed by atoms with E-state index in [2.05, 4.69) is 15.0 Å². The van der Waals surface area contributed by atoms with E-state index >= 15 is 0 Å². The minimum atomic E-state index is -1.00. The average molecular weight is 337 g/mol. The van der Waals surface area contributed by atoms with Gasteiger partial charge in [-0.2, -0.15) is 4.98 Å². The molecule has 2 aromatic heterocycles. The van der Waals surface area contributed by atoms with Gasteiger partial charge < -0.3 is 25.3 Å². The van der Waals surface area contributed by atoms with Gasteiger partial charge in [0.25, 0.3) is 5.56 Å². The molecule has 2 heterocycles. The Labute approximate surface area is 138 Å². The van der Waals surface area contributed by atoms with Gasteiger partial charge in [0.05, 0.1) is 30.7 Å². The number of hydrogen-bond acceptors (Lipinski definition) is 7. The van der Waals surface area contributed by atoms with Crippen LogP contribution in [-0.4, -0.2) is 54.1 Å². The SMILES string of the molecule is CC(C)(C)OC[C@@H]1C[C@H](n2cnc3c(=O)[nH]c(N)nc32)[C@@H](O)[C@H]1O. The Morgan fingerprint density at radius 2 is 2.12 bits per heavy atom. The quantitative estimate of drug-likeness (QED) is 0.608. The molecular weight excluding hydrogens is 314 g/mol. The summed E-state index contributed by atoms with van der Waals surface area (Å²) in [5.74, 6) is -0.240. The fourth-order valence-electron chi connectivity index (χ4n) is 3.08. The summed E-state index contributed by atoms with van der Waals surface area (Å²) in [6.07, 6.45) is 0.00509. The molecule has 0 spiro atoms. The second kappa shape index (κ2) is 5.83. The number of aliphatic hydroxyl groups is 2. The van der Waals surface area contributed by atoms with Crippen LogP contribution in [0.3, 0.4) is 0 Å². The average Bonchev–Trinajstić information content (AvgIpc) is 3.00. The molecule has 0 aliphatic heterocycles. The van der Waals surface area contributed by atoms with E-state index in [0.717, 1.165) is 0 Å². The molecule has 0 bridgehead atoms. The zero-order chi connectivity index (χ0) is 17.6. The lowest BCUT2D eigenvalue weighted by Gasteiger charge is -2.23. The van der Waals surface area contributed by atoms with Crippen molar-refractivity contribution in [3.63, 3.8) is 0 Å². The van der Waals surface area contributed by atoms with Gasteiger partial charge in [0, 0.05) is 5.92 Å². The zero-order valence-electron chi connectivity index (χ0n) is 13.9. The van der Waals surface area contributed by atoms with Crippen LogP contribution < -0.4 is 11.3 Å². The van der Waals surface area contributed by atoms with Crippen molar-refractivity contribution >= 4 is 17.1 Å². The second-order valence-corrected chi connectivity index (χ2v) is 7.24. The maximum atomic E-state index is 11.9. The fourth-order valence-corrected chi connectivity index (χ4v) is 3.08. The van der Waals surface area contributed by atoms with Crippen molar-refractivity contribution in [2.45, 2.75) is 51.0 Å². The predicted octanol–water partition coefficient (Wildman–Crippen LogP) is -0.200. The van der Waals surface area contributed by atoms with Crippen molar-refractivity contribution in [2.24, 2.45) is 5.92 Å². The number of anilines is 1. The van der Waals surface area contributed by atoms with E-state index < -0.39 is 23.8 Å².